The number of aryl methyl sites for hydroxylation is 1. The summed E-state index contributed by atoms with van der Waals surface area (Å²) in [6, 6.07) is 14.4. The minimum atomic E-state index is -3.23. The number of hydrogen-bond donors (Lipinski definition) is 1. The van der Waals surface area contributed by atoms with Gasteiger partial charge in [0.2, 0.25) is 0 Å². The first kappa shape index (κ1) is 21.0. The van der Waals surface area contributed by atoms with E-state index in [0.717, 1.165) is 17.5 Å². The molecule has 1 N–H and O–H groups in total. The van der Waals surface area contributed by atoms with Crippen molar-refractivity contribution >= 4 is 15.9 Å². The molecule has 5 nitrogen and oxygen atoms in total. The molecule has 27 heavy (non-hydrogen) atoms. The van der Waals surface area contributed by atoms with Crippen LogP contribution in [-0.2, 0) is 16.3 Å². The van der Waals surface area contributed by atoms with E-state index in [9.17, 15) is 13.2 Å². The highest BCUT2D eigenvalue weighted by Gasteiger charge is 2.20. The zero-order valence-electron chi connectivity index (χ0n) is 16.6. The molecule has 2 aromatic carbocycles. The van der Waals surface area contributed by atoms with Crippen LogP contribution in [-0.4, -0.2) is 32.7 Å². The Labute approximate surface area is 162 Å². The Kier molecular flexibility index (Phi) is 6.65. The lowest BCUT2D eigenvalue weighted by molar-refractivity contribution is 0.191. The molecular weight excluding hydrogens is 360 g/mol. The summed E-state index contributed by atoms with van der Waals surface area (Å²) in [5, 5.41) is 3.01. The third-order valence-corrected chi connectivity index (χ3v) is 6.05. The van der Waals surface area contributed by atoms with Crippen LogP contribution in [0.5, 0.6) is 0 Å². The SMILES string of the molecule is CCc1ccc([C@@H](C)NC(=O)N(C)[C@@H](C)c2ccc(S(C)(=O)=O)cc2)cc1. The fraction of sp³-hybridized carbons (Fsp3) is 0.381. The number of hydrogen-bond acceptors (Lipinski definition) is 3. The van der Waals surface area contributed by atoms with Crippen molar-refractivity contribution in [1.82, 2.24) is 10.2 Å². The molecule has 0 aromatic heterocycles. The van der Waals surface area contributed by atoms with Gasteiger partial charge >= 0.3 is 6.03 Å². The molecule has 0 bridgehead atoms. The van der Waals surface area contributed by atoms with Crippen molar-refractivity contribution in [2.75, 3.05) is 13.3 Å². The van der Waals surface area contributed by atoms with Gasteiger partial charge in [0.25, 0.3) is 0 Å². The zero-order chi connectivity index (χ0) is 20.2. The number of sulfone groups is 1. The number of urea groups is 1. The summed E-state index contributed by atoms with van der Waals surface area (Å²) in [4.78, 5) is 14.5. The summed E-state index contributed by atoms with van der Waals surface area (Å²) in [5.74, 6) is 0. The molecule has 2 aromatic rings. The number of amides is 2. The van der Waals surface area contributed by atoms with Gasteiger partial charge < -0.3 is 10.2 Å². The van der Waals surface area contributed by atoms with E-state index >= 15 is 0 Å². The van der Waals surface area contributed by atoms with Crippen molar-refractivity contribution in [3.63, 3.8) is 0 Å². The maximum Gasteiger partial charge on any atom is 0.318 e. The molecule has 6 heteroatoms. The van der Waals surface area contributed by atoms with Crippen LogP contribution in [0.15, 0.2) is 53.4 Å². The van der Waals surface area contributed by atoms with Gasteiger partial charge in [-0.2, -0.15) is 0 Å². The van der Waals surface area contributed by atoms with Gasteiger partial charge in [-0.3, -0.25) is 0 Å². The average molecular weight is 389 g/mol. The Morgan fingerprint density at radius 1 is 1.00 bits per heavy atom. The summed E-state index contributed by atoms with van der Waals surface area (Å²) < 4.78 is 23.2. The summed E-state index contributed by atoms with van der Waals surface area (Å²) in [6.07, 6.45) is 2.17. The van der Waals surface area contributed by atoms with Gasteiger partial charge in [-0.05, 0) is 49.1 Å². The number of nitrogens with zero attached hydrogens (tertiary/aromatic N) is 1. The van der Waals surface area contributed by atoms with Crippen molar-refractivity contribution in [3.05, 3.63) is 65.2 Å². The molecule has 0 heterocycles. The first-order valence-electron chi connectivity index (χ1n) is 9.05. The topological polar surface area (TPSA) is 66.5 Å². The fourth-order valence-corrected chi connectivity index (χ4v) is 3.44. The summed E-state index contributed by atoms with van der Waals surface area (Å²) in [6.45, 7) is 5.98. The van der Waals surface area contributed by atoms with Crippen LogP contribution >= 0.6 is 0 Å². The Balaban J connectivity index is 2.04. The number of carbonyl (C=O) groups is 1. The van der Waals surface area contributed by atoms with Gasteiger partial charge in [-0.15, -0.1) is 0 Å². The van der Waals surface area contributed by atoms with Crippen LogP contribution in [0.3, 0.4) is 0 Å². The average Bonchev–Trinajstić information content (AvgIpc) is 2.66. The molecule has 0 saturated heterocycles. The van der Waals surface area contributed by atoms with Crippen molar-refractivity contribution in [3.8, 4) is 0 Å². The standard InChI is InChI=1S/C21H28N2O3S/c1-6-17-7-9-18(10-8-17)15(2)22-21(24)23(4)16(3)19-11-13-20(14-12-19)27(5,25)26/h7-16H,6H2,1-5H3,(H,22,24)/t15-,16+/m1/s1. The lowest BCUT2D eigenvalue weighted by Gasteiger charge is -2.27. The van der Waals surface area contributed by atoms with Gasteiger partial charge in [0.1, 0.15) is 0 Å². The largest absolute Gasteiger partial charge is 0.331 e. The van der Waals surface area contributed by atoms with Crippen LogP contribution in [0.4, 0.5) is 4.79 Å². The molecule has 2 amide bonds. The maximum absolute atomic E-state index is 12.6. The van der Waals surface area contributed by atoms with E-state index in [1.807, 2.05) is 26.0 Å². The monoisotopic (exact) mass is 388 g/mol. The van der Waals surface area contributed by atoms with Crippen LogP contribution in [0, 0.1) is 0 Å². The number of benzene rings is 2. The first-order chi connectivity index (χ1) is 12.6. The molecule has 0 aliphatic carbocycles. The molecular formula is C21H28N2O3S. The highest BCUT2D eigenvalue weighted by molar-refractivity contribution is 7.90. The molecule has 0 radical (unpaired) electrons. The van der Waals surface area contributed by atoms with Gasteiger partial charge in [-0.25, -0.2) is 13.2 Å². The lowest BCUT2D eigenvalue weighted by atomic mass is 10.0. The highest BCUT2D eigenvalue weighted by atomic mass is 32.2. The maximum atomic E-state index is 12.6. The quantitative estimate of drug-likeness (QED) is 0.810. The van der Waals surface area contributed by atoms with E-state index in [1.54, 1.807) is 36.2 Å². The van der Waals surface area contributed by atoms with E-state index in [4.69, 9.17) is 0 Å². The van der Waals surface area contributed by atoms with E-state index in [2.05, 4.69) is 24.4 Å². The minimum Gasteiger partial charge on any atom is -0.331 e. The summed E-state index contributed by atoms with van der Waals surface area (Å²) in [7, 11) is -1.49. The number of carbonyl (C=O) groups excluding carboxylic acids is 1. The molecule has 0 aliphatic rings. The van der Waals surface area contributed by atoms with Crippen molar-refractivity contribution in [2.45, 2.75) is 44.2 Å². The third-order valence-electron chi connectivity index (χ3n) is 4.92. The van der Waals surface area contributed by atoms with Gasteiger partial charge in [-0.1, -0.05) is 43.3 Å². The molecule has 0 saturated carbocycles. The molecule has 0 fully saturated rings. The Hall–Kier alpha value is -2.34. The predicted molar refractivity (Wildman–Crippen MR) is 108 cm³/mol. The van der Waals surface area contributed by atoms with Crippen LogP contribution < -0.4 is 5.32 Å². The summed E-state index contributed by atoms with van der Waals surface area (Å²) >= 11 is 0. The number of rotatable bonds is 6. The van der Waals surface area contributed by atoms with Gasteiger partial charge in [0, 0.05) is 13.3 Å². The van der Waals surface area contributed by atoms with Crippen molar-refractivity contribution in [1.29, 1.82) is 0 Å². The van der Waals surface area contributed by atoms with E-state index < -0.39 is 9.84 Å². The highest BCUT2D eigenvalue weighted by Crippen LogP contribution is 2.22. The van der Waals surface area contributed by atoms with Crippen LogP contribution in [0.2, 0.25) is 0 Å². The second kappa shape index (κ2) is 8.57. The zero-order valence-corrected chi connectivity index (χ0v) is 17.4. The van der Waals surface area contributed by atoms with Crippen LogP contribution in [0.25, 0.3) is 0 Å². The fourth-order valence-electron chi connectivity index (χ4n) is 2.81. The van der Waals surface area contributed by atoms with Gasteiger partial charge in [0.15, 0.2) is 9.84 Å². The third kappa shape index (κ3) is 5.32. The molecule has 2 rings (SSSR count). The molecule has 0 unspecified atom stereocenters. The smallest absolute Gasteiger partial charge is 0.318 e. The van der Waals surface area contributed by atoms with Crippen molar-refractivity contribution < 1.29 is 13.2 Å². The van der Waals surface area contributed by atoms with E-state index in [-0.39, 0.29) is 23.0 Å². The molecule has 0 spiro atoms. The van der Waals surface area contributed by atoms with Crippen molar-refractivity contribution in [2.24, 2.45) is 0 Å². The normalized spacial score (nSPS) is 13.7. The molecule has 0 aliphatic heterocycles. The minimum absolute atomic E-state index is 0.106. The second-order valence-electron chi connectivity index (χ2n) is 6.89. The molecule has 146 valence electrons. The number of nitrogens with one attached hydrogen (secondary N) is 1. The Morgan fingerprint density at radius 3 is 2.00 bits per heavy atom. The van der Waals surface area contributed by atoms with E-state index in [0.29, 0.717) is 0 Å². The lowest BCUT2D eigenvalue weighted by Crippen LogP contribution is -2.39. The van der Waals surface area contributed by atoms with E-state index in [1.165, 1.54) is 11.8 Å². The predicted octanol–water partition coefficient (Wildman–Crippen LogP) is 4.12. The van der Waals surface area contributed by atoms with Crippen LogP contribution in [0.1, 0.15) is 49.5 Å². The Morgan fingerprint density at radius 2 is 1.52 bits per heavy atom. The second-order valence-corrected chi connectivity index (χ2v) is 8.91. The molecule has 2 atom stereocenters. The summed E-state index contributed by atoms with van der Waals surface area (Å²) in [5.41, 5.74) is 3.19. The van der Waals surface area contributed by atoms with Gasteiger partial charge in [0.05, 0.1) is 17.0 Å². The first-order valence-corrected chi connectivity index (χ1v) is 10.9. The Bertz CT molecular complexity index is 875.